The number of allylic oxidation sites excluding steroid dienone is 4. The highest BCUT2D eigenvalue weighted by Gasteiger charge is 2.26. The second kappa shape index (κ2) is 2.76. The molecule has 0 spiro atoms. The smallest absolute Gasteiger partial charge is 0.00125 e. The minimum Gasteiger partial charge on any atom is -0.0632 e. The maximum Gasteiger partial charge on any atom is -0.00125 e. The zero-order valence-corrected chi connectivity index (χ0v) is 8.41. The molecular weight excluding hydrogens is 144 g/mol. The third kappa shape index (κ3) is 0.972. The Kier molecular flexibility index (Phi) is 1.86. The number of hydrogen-bond donors (Lipinski definition) is 0. The first-order chi connectivity index (χ1) is 5.72. The minimum atomic E-state index is 0.764. The molecule has 0 aromatic carbocycles. The van der Waals surface area contributed by atoms with Crippen molar-refractivity contribution in [3.63, 3.8) is 0 Å². The third-order valence-electron chi connectivity index (χ3n) is 3.73. The quantitative estimate of drug-likeness (QED) is 0.507. The van der Waals surface area contributed by atoms with Crippen LogP contribution in [0.4, 0.5) is 0 Å². The van der Waals surface area contributed by atoms with Gasteiger partial charge in [0.2, 0.25) is 0 Å². The van der Waals surface area contributed by atoms with Crippen molar-refractivity contribution >= 4 is 0 Å². The summed E-state index contributed by atoms with van der Waals surface area (Å²) in [6.45, 7) is 6.98. The highest BCUT2D eigenvalue weighted by Crippen LogP contribution is 2.43. The molecule has 0 saturated heterocycles. The maximum absolute atomic E-state index is 2.37. The van der Waals surface area contributed by atoms with Crippen LogP contribution in [-0.4, -0.2) is 0 Å². The Hall–Kier alpha value is -0.520. The second-order valence-electron chi connectivity index (χ2n) is 4.24. The fourth-order valence-corrected chi connectivity index (χ4v) is 2.66. The van der Waals surface area contributed by atoms with E-state index in [-0.39, 0.29) is 0 Å². The van der Waals surface area contributed by atoms with E-state index in [4.69, 9.17) is 0 Å². The number of hydrogen-bond acceptors (Lipinski definition) is 0. The van der Waals surface area contributed by atoms with E-state index >= 15 is 0 Å². The van der Waals surface area contributed by atoms with Crippen LogP contribution in [0.25, 0.3) is 0 Å². The van der Waals surface area contributed by atoms with Gasteiger partial charge in [0.15, 0.2) is 0 Å². The van der Waals surface area contributed by atoms with Gasteiger partial charge in [0, 0.05) is 0 Å². The largest absolute Gasteiger partial charge is 0.0632 e. The minimum absolute atomic E-state index is 0.764. The molecule has 0 aliphatic heterocycles. The summed E-state index contributed by atoms with van der Waals surface area (Å²) in [6.07, 6.45) is 5.55. The van der Waals surface area contributed by atoms with Gasteiger partial charge in [-0.1, -0.05) is 18.1 Å². The molecule has 0 amide bonds. The van der Waals surface area contributed by atoms with Gasteiger partial charge in [0.05, 0.1) is 0 Å². The summed E-state index contributed by atoms with van der Waals surface area (Å²) in [5.74, 6) is 0.764. The Balaban J connectivity index is 2.39. The van der Waals surface area contributed by atoms with Crippen LogP contribution in [0.5, 0.6) is 0 Å². The lowest BCUT2D eigenvalue weighted by Gasteiger charge is -2.18. The summed E-state index contributed by atoms with van der Waals surface area (Å²) in [6, 6.07) is 0. The van der Waals surface area contributed by atoms with Gasteiger partial charge in [-0.3, -0.25) is 0 Å². The molecular formula is C12H18. The summed E-state index contributed by atoms with van der Waals surface area (Å²) < 4.78 is 0. The van der Waals surface area contributed by atoms with Gasteiger partial charge in [-0.25, -0.2) is 0 Å². The van der Waals surface area contributed by atoms with Gasteiger partial charge in [-0.15, -0.1) is 0 Å². The zero-order chi connectivity index (χ0) is 8.72. The molecule has 0 bridgehead atoms. The molecule has 0 heterocycles. The van der Waals surface area contributed by atoms with Crippen molar-refractivity contribution in [2.75, 3.05) is 0 Å². The Morgan fingerprint density at radius 2 is 1.75 bits per heavy atom. The van der Waals surface area contributed by atoms with E-state index in [9.17, 15) is 0 Å². The molecule has 1 unspecified atom stereocenters. The van der Waals surface area contributed by atoms with Crippen LogP contribution >= 0.6 is 0 Å². The van der Waals surface area contributed by atoms with Gasteiger partial charge in [0.1, 0.15) is 0 Å². The average Bonchev–Trinajstić information content (AvgIpc) is 2.33. The Morgan fingerprint density at radius 3 is 2.42 bits per heavy atom. The fourth-order valence-electron chi connectivity index (χ4n) is 2.66. The van der Waals surface area contributed by atoms with E-state index in [2.05, 4.69) is 20.8 Å². The average molecular weight is 162 g/mol. The van der Waals surface area contributed by atoms with Crippen molar-refractivity contribution in [1.29, 1.82) is 0 Å². The van der Waals surface area contributed by atoms with Crippen LogP contribution in [-0.2, 0) is 0 Å². The number of rotatable bonds is 0. The lowest BCUT2D eigenvalue weighted by atomic mass is 9.88. The Bertz CT molecular complexity index is 266. The van der Waals surface area contributed by atoms with Crippen molar-refractivity contribution in [3.05, 3.63) is 22.3 Å². The van der Waals surface area contributed by atoms with Crippen molar-refractivity contribution in [3.8, 4) is 0 Å². The van der Waals surface area contributed by atoms with Gasteiger partial charge in [0.25, 0.3) is 0 Å². The van der Waals surface area contributed by atoms with Crippen LogP contribution in [0.2, 0.25) is 0 Å². The molecule has 1 atom stereocenters. The maximum atomic E-state index is 2.37. The van der Waals surface area contributed by atoms with E-state index in [1.165, 1.54) is 25.7 Å². The van der Waals surface area contributed by atoms with E-state index in [0.29, 0.717) is 0 Å². The van der Waals surface area contributed by atoms with Crippen LogP contribution < -0.4 is 0 Å². The predicted molar refractivity (Wildman–Crippen MR) is 53.0 cm³/mol. The molecule has 0 saturated carbocycles. The first-order valence-electron chi connectivity index (χ1n) is 5.11. The third-order valence-corrected chi connectivity index (χ3v) is 3.73. The standard InChI is InChI=1S/C12H18/c1-8-9(2)11-6-4-5-7-12(11)10(8)3/h9H,4-7H2,1-3H3. The molecule has 0 heteroatoms. The molecule has 0 N–H and O–H groups in total. The van der Waals surface area contributed by atoms with Gasteiger partial charge < -0.3 is 0 Å². The molecule has 2 rings (SSSR count). The molecule has 0 nitrogen and oxygen atoms in total. The Morgan fingerprint density at radius 1 is 1.08 bits per heavy atom. The second-order valence-corrected chi connectivity index (χ2v) is 4.24. The summed E-state index contributed by atoms with van der Waals surface area (Å²) in [4.78, 5) is 0. The molecule has 0 fully saturated rings. The predicted octanol–water partition coefficient (Wildman–Crippen LogP) is 3.84. The van der Waals surface area contributed by atoms with Gasteiger partial charge in [-0.2, -0.15) is 0 Å². The topological polar surface area (TPSA) is 0 Å². The molecule has 66 valence electrons. The summed E-state index contributed by atoms with van der Waals surface area (Å²) in [7, 11) is 0. The molecule has 0 aromatic rings. The molecule has 12 heavy (non-hydrogen) atoms. The van der Waals surface area contributed by atoms with Crippen molar-refractivity contribution in [2.24, 2.45) is 5.92 Å². The highest BCUT2D eigenvalue weighted by atomic mass is 14.3. The molecule has 0 aromatic heterocycles. The van der Waals surface area contributed by atoms with E-state index in [1.807, 2.05) is 0 Å². The highest BCUT2D eigenvalue weighted by molar-refractivity contribution is 5.48. The molecule has 2 aliphatic carbocycles. The first-order valence-corrected chi connectivity index (χ1v) is 5.11. The van der Waals surface area contributed by atoms with E-state index < -0.39 is 0 Å². The van der Waals surface area contributed by atoms with Gasteiger partial charge >= 0.3 is 0 Å². The van der Waals surface area contributed by atoms with Crippen LogP contribution in [0.1, 0.15) is 46.5 Å². The summed E-state index contributed by atoms with van der Waals surface area (Å²) in [5, 5.41) is 0. The van der Waals surface area contributed by atoms with E-state index in [1.54, 1.807) is 22.3 Å². The van der Waals surface area contributed by atoms with Crippen LogP contribution in [0.3, 0.4) is 0 Å². The lowest BCUT2D eigenvalue weighted by molar-refractivity contribution is 0.636. The van der Waals surface area contributed by atoms with E-state index in [0.717, 1.165) is 5.92 Å². The first kappa shape index (κ1) is 8.10. The summed E-state index contributed by atoms with van der Waals surface area (Å²) in [5.41, 5.74) is 6.71. The molecule has 0 radical (unpaired) electrons. The Labute approximate surface area is 75.4 Å². The van der Waals surface area contributed by atoms with Crippen LogP contribution in [0, 0.1) is 5.92 Å². The SMILES string of the molecule is CC1=C(C)C(C)C2=C1CCCC2. The molecule has 2 aliphatic rings. The normalized spacial score (nSPS) is 29.8. The van der Waals surface area contributed by atoms with Crippen LogP contribution in [0.15, 0.2) is 22.3 Å². The fraction of sp³-hybridized carbons (Fsp3) is 0.667. The van der Waals surface area contributed by atoms with Crippen molar-refractivity contribution in [1.82, 2.24) is 0 Å². The van der Waals surface area contributed by atoms with Crippen molar-refractivity contribution in [2.45, 2.75) is 46.5 Å². The van der Waals surface area contributed by atoms with Crippen molar-refractivity contribution < 1.29 is 0 Å². The zero-order valence-electron chi connectivity index (χ0n) is 8.41. The summed E-state index contributed by atoms with van der Waals surface area (Å²) >= 11 is 0. The monoisotopic (exact) mass is 162 g/mol. The lowest BCUT2D eigenvalue weighted by Crippen LogP contribution is -2.01. The van der Waals surface area contributed by atoms with Gasteiger partial charge in [-0.05, 0) is 56.6 Å².